The van der Waals surface area contributed by atoms with Crippen molar-refractivity contribution in [3.63, 3.8) is 0 Å². The normalized spacial score (nSPS) is 10.5. The fraction of sp³-hybridized carbons (Fsp3) is 0.308. The van der Waals surface area contributed by atoms with E-state index in [1.54, 1.807) is 19.1 Å². The van der Waals surface area contributed by atoms with Crippen molar-refractivity contribution in [3.8, 4) is 11.3 Å². The van der Waals surface area contributed by atoms with E-state index in [1.807, 2.05) is 12.1 Å². The molecule has 0 saturated carbocycles. The highest BCUT2D eigenvalue weighted by molar-refractivity contribution is 6.30. The first kappa shape index (κ1) is 13.7. The molecule has 0 spiro atoms. The molecule has 0 aliphatic heterocycles. The van der Waals surface area contributed by atoms with Crippen LogP contribution in [-0.4, -0.2) is 33.4 Å². The van der Waals surface area contributed by atoms with Gasteiger partial charge in [0.25, 0.3) is 0 Å². The summed E-state index contributed by atoms with van der Waals surface area (Å²) < 4.78 is 0. The topological polar surface area (TPSA) is 70.9 Å². The first-order chi connectivity index (χ1) is 9.20. The number of aliphatic hydroxyl groups excluding tert-OH is 1. The average molecular weight is 279 g/mol. The molecule has 5 nitrogen and oxygen atoms in total. The van der Waals surface area contributed by atoms with Crippen molar-refractivity contribution in [2.24, 2.45) is 0 Å². The van der Waals surface area contributed by atoms with Crippen molar-refractivity contribution in [3.05, 3.63) is 35.1 Å². The van der Waals surface area contributed by atoms with Crippen LogP contribution in [-0.2, 0) is 0 Å². The summed E-state index contributed by atoms with van der Waals surface area (Å²) >= 11 is 5.87. The van der Waals surface area contributed by atoms with E-state index in [-0.39, 0.29) is 6.61 Å². The van der Waals surface area contributed by atoms with Gasteiger partial charge in [-0.05, 0) is 25.5 Å². The summed E-state index contributed by atoms with van der Waals surface area (Å²) in [7, 11) is 0. The van der Waals surface area contributed by atoms with Crippen LogP contribution in [0.4, 0.5) is 5.82 Å². The third kappa shape index (κ3) is 3.62. The van der Waals surface area contributed by atoms with Gasteiger partial charge in [0.2, 0.25) is 0 Å². The molecule has 2 rings (SSSR count). The number of hydrogen-bond acceptors (Lipinski definition) is 5. The molecule has 0 bridgehead atoms. The van der Waals surface area contributed by atoms with Crippen LogP contribution in [0.3, 0.4) is 0 Å². The molecule has 0 fully saturated rings. The first-order valence-electron chi connectivity index (χ1n) is 6.02. The minimum atomic E-state index is 0.140. The van der Waals surface area contributed by atoms with E-state index < -0.39 is 0 Å². The zero-order valence-electron chi connectivity index (χ0n) is 10.6. The van der Waals surface area contributed by atoms with Crippen LogP contribution >= 0.6 is 11.6 Å². The summed E-state index contributed by atoms with van der Waals surface area (Å²) in [6, 6.07) is 7.35. The average Bonchev–Trinajstić information content (AvgIpc) is 2.41. The van der Waals surface area contributed by atoms with E-state index in [1.165, 1.54) is 0 Å². The molecule has 0 unspecified atom stereocenters. The Hall–Kier alpha value is -1.72. The molecule has 0 atom stereocenters. The second kappa shape index (κ2) is 6.45. The molecule has 6 heteroatoms. The minimum Gasteiger partial charge on any atom is -0.396 e. The molecule has 1 aromatic carbocycles. The Balaban J connectivity index is 2.30. The molecule has 1 heterocycles. The molecule has 0 saturated heterocycles. The Bertz CT molecular complexity index is 545. The van der Waals surface area contributed by atoms with Gasteiger partial charge in [0, 0.05) is 23.7 Å². The van der Waals surface area contributed by atoms with Gasteiger partial charge in [-0.25, -0.2) is 4.98 Å². The van der Waals surface area contributed by atoms with Gasteiger partial charge in [-0.1, -0.05) is 23.7 Å². The monoisotopic (exact) mass is 278 g/mol. The maximum Gasteiger partial charge on any atom is 0.156 e. The smallest absolute Gasteiger partial charge is 0.156 e. The number of aryl methyl sites for hydroxylation is 1. The second-order valence-electron chi connectivity index (χ2n) is 4.07. The first-order valence-corrected chi connectivity index (χ1v) is 6.40. The lowest BCUT2D eigenvalue weighted by Gasteiger charge is -2.09. The van der Waals surface area contributed by atoms with Crippen LogP contribution in [0.5, 0.6) is 0 Å². The van der Waals surface area contributed by atoms with Gasteiger partial charge in [-0.3, -0.25) is 0 Å². The summed E-state index contributed by atoms with van der Waals surface area (Å²) in [4.78, 5) is 4.34. The van der Waals surface area contributed by atoms with E-state index >= 15 is 0 Å². The molecular weight excluding hydrogens is 264 g/mol. The quantitative estimate of drug-likeness (QED) is 0.821. The number of hydrogen-bond donors (Lipinski definition) is 2. The zero-order valence-corrected chi connectivity index (χ0v) is 11.4. The molecule has 2 N–H and O–H groups in total. The third-order valence-corrected chi connectivity index (χ3v) is 2.79. The van der Waals surface area contributed by atoms with Crippen molar-refractivity contribution >= 4 is 17.4 Å². The predicted molar refractivity (Wildman–Crippen MR) is 75.2 cm³/mol. The number of benzene rings is 1. The van der Waals surface area contributed by atoms with Crippen LogP contribution in [0.15, 0.2) is 24.3 Å². The summed E-state index contributed by atoms with van der Waals surface area (Å²) in [5.74, 6) is 1.27. The molecule has 1 aromatic heterocycles. The number of nitrogens with one attached hydrogen (secondary N) is 1. The van der Waals surface area contributed by atoms with Crippen LogP contribution < -0.4 is 5.32 Å². The van der Waals surface area contributed by atoms with Gasteiger partial charge in [-0.2, -0.15) is 0 Å². The fourth-order valence-corrected chi connectivity index (χ4v) is 1.74. The molecule has 0 amide bonds. The molecule has 0 aliphatic rings. The standard InChI is InChI=1S/C13H15ClN4O/c1-9-16-13(15-7-2-8-19)12(18-17-9)10-3-5-11(14)6-4-10/h3-6,19H,2,7-8H2,1H3,(H,15,16,17). The second-order valence-corrected chi connectivity index (χ2v) is 4.50. The maximum atomic E-state index is 8.81. The van der Waals surface area contributed by atoms with Gasteiger partial charge in [-0.15, -0.1) is 10.2 Å². The van der Waals surface area contributed by atoms with Crippen LogP contribution in [0.25, 0.3) is 11.3 Å². The van der Waals surface area contributed by atoms with Crippen molar-refractivity contribution in [2.45, 2.75) is 13.3 Å². The maximum absolute atomic E-state index is 8.81. The fourth-order valence-electron chi connectivity index (χ4n) is 1.62. The molecule has 2 aromatic rings. The van der Waals surface area contributed by atoms with Crippen molar-refractivity contribution < 1.29 is 5.11 Å². The number of aliphatic hydroxyl groups is 1. The predicted octanol–water partition coefficient (Wildman–Crippen LogP) is 2.29. The number of anilines is 1. The van der Waals surface area contributed by atoms with E-state index in [4.69, 9.17) is 16.7 Å². The lowest BCUT2D eigenvalue weighted by atomic mass is 10.1. The van der Waals surface area contributed by atoms with Crippen LogP contribution in [0.1, 0.15) is 12.2 Å². The lowest BCUT2D eigenvalue weighted by molar-refractivity contribution is 0.292. The number of nitrogens with zero attached hydrogens (tertiary/aromatic N) is 3. The molecule has 100 valence electrons. The zero-order chi connectivity index (χ0) is 13.7. The Morgan fingerprint density at radius 2 is 1.95 bits per heavy atom. The Morgan fingerprint density at radius 3 is 2.63 bits per heavy atom. The highest BCUT2D eigenvalue weighted by atomic mass is 35.5. The van der Waals surface area contributed by atoms with Gasteiger partial charge in [0.05, 0.1) is 0 Å². The third-order valence-electron chi connectivity index (χ3n) is 2.54. The van der Waals surface area contributed by atoms with E-state index in [0.717, 1.165) is 5.56 Å². The van der Waals surface area contributed by atoms with E-state index in [2.05, 4.69) is 20.5 Å². The SMILES string of the molecule is Cc1nnc(-c2ccc(Cl)cc2)c(NCCCO)n1. The number of halogens is 1. The van der Waals surface area contributed by atoms with Gasteiger partial charge in [0.15, 0.2) is 5.82 Å². The van der Waals surface area contributed by atoms with Crippen LogP contribution in [0, 0.1) is 6.92 Å². The van der Waals surface area contributed by atoms with E-state index in [9.17, 15) is 0 Å². The molecule has 0 radical (unpaired) electrons. The molecular formula is C13H15ClN4O. The molecule has 19 heavy (non-hydrogen) atoms. The van der Waals surface area contributed by atoms with Gasteiger partial charge < -0.3 is 10.4 Å². The largest absolute Gasteiger partial charge is 0.396 e. The van der Waals surface area contributed by atoms with Gasteiger partial charge in [0.1, 0.15) is 11.5 Å². The summed E-state index contributed by atoms with van der Waals surface area (Å²) in [6.07, 6.45) is 0.656. The highest BCUT2D eigenvalue weighted by Gasteiger charge is 2.09. The number of aromatic nitrogens is 3. The van der Waals surface area contributed by atoms with Crippen LogP contribution in [0.2, 0.25) is 5.02 Å². The van der Waals surface area contributed by atoms with E-state index in [0.29, 0.717) is 35.3 Å². The summed E-state index contributed by atoms with van der Waals surface area (Å²) in [6.45, 7) is 2.56. The summed E-state index contributed by atoms with van der Waals surface area (Å²) in [5.41, 5.74) is 1.58. The van der Waals surface area contributed by atoms with Crippen molar-refractivity contribution in [1.82, 2.24) is 15.2 Å². The Labute approximate surface area is 116 Å². The van der Waals surface area contributed by atoms with Crippen molar-refractivity contribution in [2.75, 3.05) is 18.5 Å². The number of rotatable bonds is 5. The lowest BCUT2D eigenvalue weighted by Crippen LogP contribution is -2.09. The van der Waals surface area contributed by atoms with Gasteiger partial charge >= 0.3 is 0 Å². The highest BCUT2D eigenvalue weighted by Crippen LogP contribution is 2.24. The minimum absolute atomic E-state index is 0.140. The Morgan fingerprint density at radius 1 is 1.21 bits per heavy atom. The molecule has 0 aliphatic carbocycles. The summed E-state index contributed by atoms with van der Waals surface area (Å²) in [5, 5.41) is 20.8. The van der Waals surface area contributed by atoms with Crippen molar-refractivity contribution in [1.29, 1.82) is 0 Å². The Kier molecular flexibility index (Phi) is 4.65.